The van der Waals surface area contributed by atoms with E-state index in [-0.39, 0.29) is 12.1 Å². The maximum absolute atomic E-state index is 10.2. The first kappa shape index (κ1) is 13.3. The molecule has 0 amide bonds. The van der Waals surface area contributed by atoms with Gasteiger partial charge in [0.2, 0.25) is 0 Å². The van der Waals surface area contributed by atoms with Gasteiger partial charge in [0, 0.05) is 17.0 Å². The third-order valence-corrected chi connectivity index (χ3v) is 4.06. The number of aliphatic hydroxyl groups is 1. The molecule has 2 aromatic rings. The van der Waals surface area contributed by atoms with E-state index in [1.165, 1.54) is 5.56 Å². The highest BCUT2D eigenvalue weighted by Gasteiger charge is 2.19. The van der Waals surface area contributed by atoms with Crippen LogP contribution in [-0.4, -0.2) is 11.1 Å². The molecule has 2 rings (SSSR count). The fraction of sp³-hybridized carbons (Fsp3) is 0.333. The number of hydrogen-bond acceptors (Lipinski definition) is 3. The van der Waals surface area contributed by atoms with Crippen LogP contribution in [0.25, 0.3) is 0 Å². The molecule has 0 fully saturated rings. The van der Waals surface area contributed by atoms with Crippen molar-refractivity contribution in [2.24, 2.45) is 0 Å². The van der Waals surface area contributed by atoms with Crippen LogP contribution in [0.3, 0.4) is 0 Å². The zero-order valence-electron chi connectivity index (χ0n) is 10.7. The largest absolute Gasteiger partial charge is 0.386 e. The van der Waals surface area contributed by atoms with Gasteiger partial charge in [-0.3, -0.25) is 0 Å². The zero-order valence-corrected chi connectivity index (χ0v) is 11.5. The summed E-state index contributed by atoms with van der Waals surface area (Å²) >= 11 is 1.59. The molecule has 1 heterocycles. The fourth-order valence-electron chi connectivity index (χ4n) is 2.03. The molecule has 3 heteroatoms. The smallest absolute Gasteiger partial charge is 0.103 e. The summed E-state index contributed by atoms with van der Waals surface area (Å²) in [5, 5.41) is 15.7. The molecule has 0 aliphatic rings. The average Bonchev–Trinajstić information content (AvgIpc) is 2.92. The van der Waals surface area contributed by atoms with Gasteiger partial charge in [-0.05, 0) is 30.9 Å². The fourth-order valence-corrected chi connectivity index (χ4v) is 2.84. The van der Waals surface area contributed by atoms with Gasteiger partial charge in [0.15, 0.2) is 0 Å². The molecule has 1 aromatic carbocycles. The Morgan fingerprint density at radius 3 is 2.39 bits per heavy atom. The lowest BCUT2D eigenvalue weighted by Crippen LogP contribution is -2.33. The Bertz CT molecular complexity index is 455. The molecular weight excluding hydrogens is 242 g/mol. The standard InChI is InChI=1S/C15H19NOS/c1-11(13-7-4-3-5-8-13)16-12(2)15(17)14-9-6-10-18-14/h3-12,15-17H,1-2H3. The Morgan fingerprint density at radius 1 is 1.06 bits per heavy atom. The number of aliphatic hydroxyl groups excluding tert-OH is 1. The van der Waals surface area contributed by atoms with Crippen LogP contribution in [0.5, 0.6) is 0 Å². The van der Waals surface area contributed by atoms with Gasteiger partial charge in [0.25, 0.3) is 0 Å². The van der Waals surface area contributed by atoms with Gasteiger partial charge in [-0.25, -0.2) is 0 Å². The highest BCUT2D eigenvalue weighted by Crippen LogP contribution is 2.23. The first-order valence-corrected chi connectivity index (χ1v) is 7.09. The molecule has 0 saturated heterocycles. The van der Waals surface area contributed by atoms with Crippen molar-refractivity contribution in [3.8, 4) is 0 Å². The molecule has 0 radical (unpaired) electrons. The van der Waals surface area contributed by atoms with Crippen LogP contribution >= 0.6 is 11.3 Å². The second kappa shape index (κ2) is 6.14. The van der Waals surface area contributed by atoms with E-state index in [9.17, 15) is 5.11 Å². The Balaban J connectivity index is 1.97. The molecule has 0 bridgehead atoms. The Labute approximate surface area is 112 Å². The molecule has 96 valence electrons. The average molecular weight is 261 g/mol. The summed E-state index contributed by atoms with van der Waals surface area (Å²) < 4.78 is 0. The molecule has 0 saturated carbocycles. The summed E-state index contributed by atoms with van der Waals surface area (Å²) in [4.78, 5) is 1.01. The molecule has 2 N–H and O–H groups in total. The SMILES string of the molecule is CC(NC(C)C(O)c1cccs1)c1ccccc1. The zero-order chi connectivity index (χ0) is 13.0. The topological polar surface area (TPSA) is 32.3 Å². The number of benzene rings is 1. The van der Waals surface area contributed by atoms with Crippen molar-refractivity contribution in [3.05, 3.63) is 58.3 Å². The van der Waals surface area contributed by atoms with Crippen LogP contribution < -0.4 is 5.32 Å². The van der Waals surface area contributed by atoms with Crippen LogP contribution in [0.2, 0.25) is 0 Å². The van der Waals surface area contributed by atoms with Crippen LogP contribution in [0.4, 0.5) is 0 Å². The molecule has 2 nitrogen and oxygen atoms in total. The van der Waals surface area contributed by atoms with Gasteiger partial charge >= 0.3 is 0 Å². The normalized spacial score (nSPS) is 16.2. The molecule has 1 aromatic heterocycles. The van der Waals surface area contributed by atoms with Gasteiger partial charge < -0.3 is 10.4 Å². The van der Waals surface area contributed by atoms with Crippen molar-refractivity contribution in [3.63, 3.8) is 0 Å². The minimum absolute atomic E-state index is 0.0267. The van der Waals surface area contributed by atoms with Crippen molar-refractivity contribution in [1.29, 1.82) is 0 Å². The van der Waals surface area contributed by atoms with Gasteiger partial charge in [-0.15, -0.1) is 11.3 Å². The number of hydrogen-bond donors (Lipinski definition) is 2. The van der Waals surface area contributed by atoms with Crippen molar-refractivity contribution in [1.82, 2.24) is 5.32 Å². The summed E-state index contributed by atoms with van der Waals surface area (Å²) in [6.07, 6.45) is -0.448. The van der Waals surface area contributed by atoms with Crippen molar-refractivity contribution < 1.29 is 5.11 Å². The summed E-state index contributed by atoms with van der Waals surface area (Å²) in [6.45, 7) is 4.14. The highest BCUT2D eigenvalue weighted by atomic mass is 32.1. The predicted molar refractivity (Wildman–Crippen MR) is 76.7 cm³/mol. The first-order chi connectivity index (χ1) is 8.68. The van der Waals surface area contributed by atoms with E-state index in [4.69, 9.17) is 0 Å². The molecule has 0 aliphatic heterocycles. The van der Waals surface area contributed by atoms with E-state index in [1.54, 1.807) is 11.3 Å². The van der Waals surface area contributed by atoms with Crippen LogP contribution in [0.1, 0.15) is 36.4 Å². The van der Waals surface area contributed by atoms with Gasteiger partial charge in [0.05, 0.1) is 0 Å². The number of thiophene rings is 1. The highest BCUT2D eigenvalue weighted by molar-refractivity contribution is 7.10. The Hall–Kier alpha value is -1.16. The second-order valence-corrected chi connectivity index (χ2v) is 5.53. The van der Waals surface area contributed by atoms with Gasteiger partial charge in [0.1, 0.15) is 6.10 Å². The molecular formula is C15H19NOS. The maximum atomic E-state index is 10.2. The van der Waals surface area contributed by atoms with Gasteiger partial charge in [-0.2, -0.15) is 0 Å². The molecule has 0 spiro atoms. The van der Waals surface area contributed by atoms with Crippen LogP contribution in [0, 0.1) is 0 Å². The molecule has 18 heavy (non-hydrogen) atoms. The van der Waals surface area contributed by atoms with Crippen LogP contribution in [-0.2, 0) is 0 Å². The van der Waals surface area contributed by atoms with E-state index < -0.39 is 6.10 Å². The van der Waals surface area contributed by atoms with Crippen molar-refractivity contribution in [2.75, 3.05) is 0 Å². The van der Waals surface area contributed by atoms with E-state index >= 15 is 0 Å². The molecule has 3 unspecified atom stereocenters. The van der Waals surface area contributed by atoms with E-state index in [0.717, 1.165) is 4.88 Å². The lowest BCUT2D eigenvalue weighted by atomic mass is 10.1. The van der Waals surface area contributed by atoms with Crippen molar-refractivity contribution >= 4 is 11.3 Å². The first-order valence-electron chi connectivity index (χ1n) is 6.21. The molecule has 0 aliphatic carbocycles. The monoisotopic (exact) mass is 261 g/mol. The van der Waals surface area contributed by atoms with Crippen molar-refractivity contribution in [2.45, 2.75) is 32.0 Å². The minimum atomic E-state index is -0.448. The number of nitrogens with one attached hydrogen (secondary N) is 1. The summed E-state index contributed by atoms with van der Waals surface area (Å²) in [5.74, 6) is 0. The third-order valence-electron chi connectivity index (χ3n) is 3.12. The van der Waals surface area contributed by atoms with Crippen LogP contribution in [0.15, 0.2) is 47.8 Å². The summed E-state index contributed by atoms with van der Waals surface area (Å²) in [6, 6.07) is 14.5. The quantitative estimate of drug-likeness (QED) is 0.863. The predicted octanol–water partition coefficient (Wildman–Crippen LogP) is 3.52. The lowest BCUT2D eigenvalue weighted by molar-refractivity contribution is 0.134. The Kier molecular flexibility index (Phi) is 4.53. The summed E-state index contributed by atoms with van der Waals surface area (Å²) in [5.41, 5.74) is 1.24. The minimum Gasteiger partial charge on any atom is -0.386 e. The second-order valence-electron chi connectivity index (χ2n) is 4.55. The van der Waals surface area contributed by atoms with Gasteiger partial charge in [-0.1, -0.05) is 36.4 Å². The van der Waals surface area contributed by atoms with E-state index in [2.05, 4.69) is 24.4 Å². The van der Waals surface area contributed by atoms with E-state index in [0.29, 0.717) is 0 Å². The third kappa shape index (κ3) is 3.19. The summed E-state index contributed by atoms with van der Waals surface area (Å²) in [7, 11) is 0. The lowest BCUT2D eigenvalue weighted by Gasteiger charge is -2.24. The Morgan fingerprint density at radius 2 is 1.78 bits per heavy atom. The molecule has 3 atom stereocenters. The number of rotatable bonds is 5. The van der Waals surface area contributed by atoms with E-state index in [1.807, 2.05) is 42.6 Å². The maximum Gasteiger partial charge on any atom is 0.103 e.